The molecule has 2 rings (SSSR count). The molecule has 96 valence electrons. The van der Waals surface area contributed by atoms with Crippen molar-refractivity contribution in [3.8, 4) is 0 Å². The van der Waals surface area contributed by atoms with Crippen LogP contribution >= 0.6 is 11.3 Å². The first-order valence-corrected chi connectivity index (χ1v) is 7.49. The minimum Gasteiger partial charge on any atom is -0.306 e. The Morgan fingerprint density at radius 3 is 2.72 bits per heavy atom. The zero-order chi connectivity index (χ0) is 13.0. The fourth-order valence-corrected chi connectivity index (χ4v) is 2.89. The third-order valence-electron chi connectivity index (χ3n) is 3.22. The van der Waals surface area contributed by atoms with E-state index in [-0.39, 0.29) is 0 Å². The van der Waals surface area contributed by atoms with Gasteiger partial charge in [-0.05, 0) is 60.3 Å². The van der Waals surface area contributed by atoms with Gasteiger partial charge in [0.25, 0.3) is 0 Å². The number of hydrogen-bond donors (Lipinski definition) is 1. The minimum absolute atomic E-state index is 0.330. The van der Waals surface area contributed by atoms with Crippen molar-refractivity contribution in [2.75, 3.05) is 6.54 Å². The first-order valence-electron chi connectivity index (χ1n) is 6.55. The fraction of sp³-hybridized carbons (Fsp3) is 0.375. The van der Waals surface area contributed by atoms with E-state index in [1.807, 2.05) is 0 Å². The Kier molecular flexibility index (Phi) is 4.56. The van der Waals surface area contributed by atoms with Gasteiger partial charge in [0.2, 0.25) is 0 Å². The van der Waals surface area contributed by atoms with Gasteiger partial charge in [-0.15, -0.1) is 0 Å². The maximum Gasteiger partial charge on any atom is 0.0587 e. The number of thiophene rings is 1. The molecule has 1 aromatic carbocycles. The summed E-state index contributed by atoms with van der Waals surface area (Å²) >= 11 is 1.77. The van der Waals surface area contributed by atoms with Crippen molar-refractivity contribution < 1.29 is 0 Å². The maximum atomic E-state index is 3.66. The molecule has 0 bridgehead atoms. The van der Waals surface area contributed by atoms with E-state index in [0.717, 1.165) is 13.0 Å². The fourth-order valence-electron chi connectivity index (χ4n) is 2.21. The Morgan fingerprint density at radius 2 is 2.06 bits per heavy atom. The van der Waals surface area contributed by atoms with Crippen molar-refractivity contribution in [3.63, 3.8) is 0 Å². The molecule has 0 aliphatic rings. The predicted molar refractivity (Wildman–Crippen MR) is 80.4 cm³/mol. The Hall–Kier alpha value is -1.12. The van der Waals surface area contributed by atoms with Gasteiger partial charge in [0.15, 0.2) is 0 Å². The smallest absolute Gasteiger partial charge is 0.0587 e. The third kappa shape index (κ3) is 3.01. The highest BCUT2D eigenvalue weighted by atomic mass is 32.1. The lowest BCUT2D eigenvalue weighted by Crippen LogP contribution is -2.23. The first kappa shape index (κ1) is 13.3. The molecule has 1 unspecified atom stereocenters. The molecule has 1 atom stereocenters. The summed E-state index contributed by atoms with van der Waals surface area (Å²) in [7, 11) is 0. The van der Waals surface area contributed by atoms with Crippen LogP contribution in [0.2, 0.25) is 0 Å². The second kappa shape index (κ2) is 6.17. The highest BCUT2D eigenvalue weighted by Crippen LogP contribution is 2.27. The standard InChI is InChI=1S/C16H21NS/c1-4-8-17-16(14-7-9-18-11-14)15-10-12(2)5-6-13(15)3/h5-7,9-11,16-17H,4,8H2,1-3H3. The van der Waals surface area contributed by atoms with E-state index in [9.17, 15) is 0 Å². The highest BCUT2D eigenvalue weighted by Gasteiger charge is 2.15. The lowest BCUT2D eigenvalue weighted by atomic mass is 9.95. The zero-order valence-electron chi connectivity index (χ0n) is 11.4. The molecule has 1 aromatic heterocycles. The van der Waals surface area contributed by atoms with Crippen LogP contribution in [0.4, 0.5) is 0 Å². The maximum absolute atomic E-state index is 3.66. The van der Waals surface area contributed by atoms with Crippen molar-refractivity contribution in [1.29, 1.82) is 0 Å². The molecule has 0 saturated carbocycles. The molecule has 2 aromatic rings. The van der Waals surface area contributed by atoms with Crippen LogP contribution in [0.15, 0.2) is 35.0 Å². The molecule has 1 N–H and O–H groups in total. The van der Waals surface area contributed by atoms with Crippen LogP contribution in [0.1, 0.15) is 41.6 Å². The van der Waals surface area contributed by atoms with Crippen LogP contribution in [-0.4, -0.2) is 6.54 Å². The second-order valence-corrected chi connectivity index (χ2v) is 5.58. The van der Waals surface area contributed by atoms with E-state index in [2.05, 4.69) is 61.1 Å². The average molecular weight is 259 g/mol. The summed E-state index contributed by atoms with van der Waals surface area (Å²) in [5.41, 5.74) is 5.47. The average Bonchev–Trinajstić information content (AvgIpc) is 2.88. The molecular formula is C16H21NS. The zero-order valence-corrected chi connectivity index (χ0v) is 12.2. The predicted octanol–water partition coefficient (Wildman–Crippen LogP) is 4.45. The first-order chi connectivity index (χ1) is 8.72. The summed E-state index contributed by atoms with van der Waals surface area (Å²) in [4.78, 5) is 0. The van der Waals surface area contributed by atoms with Gasteiger partial charge < -0.3 is 5.32 Å². The molecule has 0 radical (unpaired) electrons. The van der Waals surface area contributed by atoms with Crippen LogP contribution in [0.3, 0.4) is 0 Å². The third-order valence-corrected chi connectivity index (χ3v) is 3.92. The topological polar surface area (TPSA) is 12.0 Å². The van der Waals surface area contributed by atoms with E-state index in [1.165, 1.54) is 22.3 Å². The normalized spacial score (nSPS) is 12.6. The van der Waals surface area contributed by atoms with Gasteiger partial charge >= 0.3 is 0 Å². The molecular weight excluding hydrogens is 238 g/mol. The largest absolute Gasteiger partial charge is 0.306 e. The molecule has 0 aliphatic heterocycles. The van der Waals surface area contributed by atoms with Gasteiger partial charge in [0.05, 0.1) is 6.04 Å². The van der Waals surface area contributed by atoms with E-state index in [4.69, 9.17) is 0 Å². The minimum atomic E-state index is 0.330. The summed E-state index contributed by atoms with van der Waals surface area (Å²) in [6.45, 7) is 7.61. The lowest BCUT2D eigenvalue weighted by Gasteiger charge is -2.20. The Labute approximate surface area is 114 Å². The monoisotopic (exact) mass is 259 g/mol. The Morgan fingerprint density at radius 1 is 1.22 bits per heavy atom. The lowest BCUT2D eigenvalue weighted by molar-refractivity contribution is 0.597. The van der Waals surface area contributed by atoms with Crippen LogP contribution in [0.5, 0.6) is 0 Å². The molecule has 1 heterocycles. The van der Waals surface area contributed by atoms with Crippen molar-refractivity contribution in [2.45, 2.75) is 33.2 Å². The molecule has 0 fully saturated rings. The molecule has 0 aliphatic carbocycles. The van der Waals surface area contributed by atoms with Crippen LogP contribution in [0, 0.1) is 13.8 Å². The summed E-state index contributed by atoms with van der Waals surface area (Å²) in [5, 5.41) is 8.06. The molecule has 1 nitrogen and oxygen atoms in total. The number of hydrogen-bond acceptors (Lipinski definition) is 2. The summed E-state index contributed by atoms with van der Waals surface area (Å²) in [5.74, 6) is 0. The van der Waals surface area contributed by atoms with E-state index in [0.29, 0.717) is 6.04 Å². The molecule has 18 heavy (non-hydrogen) atoms. The number of rotatable bonds is 5. The van der Waals surface area contributed by atoms with E-state index < -0.39 is 0 Å². The van der Waals surface area contributed by atoms with Gasteiger partial charge in [-0.2, -0.15) is 11.3 Å². The second-order valence-electron chi connectivity index (χ2n) is 4.80. The van der Waals surface area contributed by atoms with Crippen molar-refractivity contribution >= 4 is 11.3 Å². The van der Waals surface area contributed by atoms with Gasteiger partial charge in [0, 0.05) is 0 Å². The molecule has 0 spiro atoms. The van der Waals surface area contributed by atoms with Crippen molar-refractivity contribution in [2.24, 2.45) is 0 Å². The van der Waals surface area contributed by atoms with Gasteiger partial charge in [0.1, 0.15) is 0 Å². The quantitative estimate of drug-likeness (QED) is 0.836. The van der Waals surface area contributed by atoms with Crippen molar-refractivity contribution in [1.82, 2.24) is 5.32 Å². The van der Waals surface area contributed by atoms with Gasteiger partial charge in [-0.25, -0.2) is 0 Å². The molecule has 0 amide bonds. The van der Waals surface area contributed by atoms with Gasteiger partial charge in [-0.3, -0.25) is 0 Å². The molecule has 0 saturated heterocycles. The SMILES string of the molecule is CCCNC(c1ccsc1)c1cc(C)ccc1C. The Balaban J connectivity index is 2.36. The van der Waals surface area contributed by atoms with Crippen molar-refractivity contribution in [3.05, 3.63) is 57.3 Å². The number of nitrogens with one attached hydrogen (secondary N) is 1. The van der Waals surface area contributed by atoms with Crippen LogP contribution in [0.25, 0.3) is 0 Å². The van der Waals surface area contributed by atoms with Crippen LogP contribution in [-0.2, 0) is 0 Å². The van der Waals surface area contributed by atoms with Gasteiger partial charge in [-0.1, -0.05) is 30.7 Å². The van der Waals surface area contributed by atoms with E-state index in [1.54, 1.807) is 11.3 Å². The Bertz CT molecular complexity index is 488. The number of benzene rings is 1. The molecule has 2 heteroatoms. The van der Waals surface area contributed by atoms with Crippen LogP contribution < -0.4 is 5.32 Å². The summed E-state index contributed by atoms with van der Waals surface area (Å²) < 4.78 is 0. The number of aryl methyl sites for hydroxylation is 2. The van der Waals surface area contributed by atoms with E-state index >= 15 is 0 Å². The highest BCUT2D eigenvalue weighted by molar-refractivity contribution is 7.08. The summed E-state index contributed by atoms with van der Waals surface area (Å²) in [6, 6.07) is 9.26. The summed E-state index contributed by atoms with van der Waals surface area (Å²) in [6.07, 6.45) is 1.16.